The lowest BCUT2D eigenvalue weighted by Crippen LogP contribution is -2.30. The molecule has 0 unspecified atom stereocenters. The zero-order valence-corrected chi connectivity index (χ0v) is 16.3. The van der Waals surface area contributed by atoms with Gasteiger partial charge in [-0.2, -0.15) is 0 Å². The summed E-state index contributed by atoms with van der Waals surface area (Å²) in [5.74, 6) is 2.08. The minimum atomic E-state index is 0.520. The second-order valence-corrected chi connectivity index (χ2v) is 6.63. The quantitative estimate of drug-likeness (QED) is 0.760. The first-order valence-corrected chi connectivity index (χ1v) is 8.68. The Hall–Kier alpha value is -2.27. The summed E-state index contributed by atoms with van der Waals surface area (Å²) in [6.07, 6.45) is 0. The SMILES string of the molecule is COc1ccc(CN(C)C(=S)Nc2ccc(C(C)C)cc2)c(OC)c1. The summed E-state index contributed by atoms with van der Waals surface area (Å²) in [6.45, 7) is 5.01. The van der Waals surface area contributed by atoms with Crippen LogP contribution in [-0.4, -0.2) is 31.3 Å². The van der Waals surface area contributed by atoms with E-state index in [0.29, 0.717) is 17.6 Å². The zero-order chi connectivity index (χ0) is 18.4. The largest absolute Gasteiger partial charge is 0.497 e. The molecule has 0 aromatic heterocycles. The Kier molecular flexibility index (Phi) is 6.65. The van der Waals surface area contributed by atoms with E-state index >= 15 is 0 Å². The van der Waals surface area contributed by atoms with Crippen molar-refractivity contribution in [1.29, 1.82) is 0 Å². The maximum absolute atomic E-state index is 5.52. The molecule has 134 valence electrons. The van der Waals surface area contributed by atoms with E-state index in [2.05, 4.69) is 43.4 Å². The molecule has 0 aliphatic carbocycles. The van der Waals surface area contributed by atoms with Crippen LogP contribution in [0.2, 0.25) is 0 Å². The van der Waals surface area contributed by atoms with Gasteiger partial charge in [-0.1, -0.05) is 26.0 Å². The normalized spacial score (nSPS) is 10.5. The van der Waals surface area contributed by atoms with E-state index in [9.17, 15) is 0 Å². The number of thiocarbonyl (C=S) groups is 1. The van der Waals surface area contributed by atoms with Gasteiger partial charge in [0.05, 0.1) is 14.2 Å². The summed E-state index contributed by atoms with van der Waals surface area (Å²) in [6, 6.07) is 14.2. The van der Waals surface area contributed by atoms with E-state index < -0.39 is 0 Å². The van der Waals surface area contributed by atoms with Crippen molar-refractivity contribution in [2.45, 2.75) is 26.3 Å². The lowest BCUT2D eigenvalue weighted by molar-refractivity contribution is 0.384. The Morgan fingerprint density at radius 1 is 1.08 bits per heavy atom. The highest BCUT2D eigenvalue weighted by atomic mass is 32.1. The molecule has 2 aromatic carbocycles. The van der Waals surface area contributed by atoms with E-state index in [-0.39, 0.29) is 0 Å². The molecule has 2 rings (SSSR count). The fourth-order valence-corrected chi connectivity index (χ4v) is 2.66. The minimum Gasteiger partial charge on any atom is -0.497 e. The molecule has 0 aliphatic rings. The summed E-state index contributed by atoms with van der Waals surface area (Å²) < 4.78 is 10.7. The summed E-state index contributed by atoms with van der Waals surface area (Å²) in [5.41, 5.74) is 3.35. The number of anilines is 1. The third-order valence-corrected chi connectivity index (χ3v) is 4.49. The number of rotatable bonds is 6. The fourth-order valence-electron chi connectivity index (χ4n) is 2.48. The summed E-state index contributed by atoms with van der Waals surface area (Å²) in [7, 11) is 5.26. The molecule has 2 aromatic rings. The first-order chi connectivity index (χ1) is 11.9. The number of methoxy groups -OCH3 is 2. The fraction of sp³-hybridized carbons (Fsp3) is 0.350. The summed E-state index contributed by atoms with van der Waals surface area (Å²) in [5, 5.41) is 3.94. The number of ether oxygens (including phenoxy) is 2. The van der Waals surface area contributed by atoms with Gasteiger partial charge in [-0.3, -0.25) is 0 Å². The van der Waals surface area contributed by atoms with Crippen LogP contribution in [0, 0.1) is 0 Å². The van der Waals surface area contributed by atoms with Gasteiger partial charge in [0, 0.05) is 30.9 Å². The Morgan fingerprint density at radius 3 is 2.32 bits per heavy atom. The molecule has 0 atom stereocenters. The number of nitrogens with one attached hydrogen (secondary N) is 1. The third-order valence-electron chi connectivity index (χ3n) is 4.08. The van der Waals surface area contributed by atoms with Crippen molar-refractivity contribution in [3.8, 4) is 11.5 Å². The van der Waals surface area contributed by atoms with Crippen molar-refractivity contribution < 1.29 is 9.47 Å². The predicted octanol–water partition coefficient (Wildman–Crippen LogP) is 4.66. The van der Waals surface area contributed by atoms with Gasteiger partial charge in [0.15, 0.2) is 5.11 Å². The molecule has 25 heavy (non-hydrogen) atoms. The second kappa shape index (κ2) is 8.72. The van der Waals surface area contributed by atoms with Crippen LogP contribution in [0.3, 0.4) is 0 Å². The number of benzene rings is 2. The van der Waals surface area contributed by atoms with Gasteiger partial charge >= 0.3 is 0 Å². The van der Waals surface area contributed by atoms with Crippen LogP contribution in [0.1, 0.15) is 30.9 Å². The van der Waals surface area contributed by atoms with Gasteiger partial charge < -0.3 is 19.7 Å². The third kappa shape index (κ3) is 5.10. The number of hydrogen-bond donors (Lipinski definition) is 1. The van der Waals surface area contributed by atoms with Crippen molar-refractivity contribution in [2.24, 2.45) is 0 Å². The highest BCUT2D eigenvalue weighted by Gasteiger charge is 2.11. The van der Waals surface area contributed by atoms with Gasteiger partial charge in [0.25, 0.3) is 0 Å². The van der Waals surface area contributed by atoms with E-state index in [1.165, 1.54) is 5.56 Å². The van der Waals surface area contributed by atoms with Crippen LogP contribution in [-0.2, 0) is 6.54 Å². The van der Waals surface area contributed by atoms with Gasteiger partial charge in [-0.15, -0.1) is 0 Å². The maximum Gasteiger partial charge on any atom is 0.173 e. The van der Waals surface area contributed by atoms with Crippen LogP contribution < -0.4 is 14.8 Å². The molecular weight excluding hydrogens is 332 g/mol. The van der Waals surface area contributed by atoms with Crippen molar-refractivity contribution in [2.75, 3.05) is 26.6 Å². The van der Waals surface area contributed by atoms with E-state index in [1.807, 2.05) is 30.1 Å². The van der Waals surface area contributed by atoms with Crippen molar-refractivity contribution in [3.05, 3.63) is 53.6 Å². The van der Waals surface area contributed by atoms with Gasteiger partial charge in [0.2, 0.25) is 0 Å². The van der Waals surface area contributed by atoms with Crippen LogP contribution in [0.4, 0.5) is 5.69 Å². The Balaban J connectivity index is 2.02. The highest BCUT2D eigenvalue weighted by molar-refractivity contribution is 7.80. The average Bonchev–Trinajstić information content (AvgIpc) is 2.62. The number of hydrogen-bond acceptors (Lipinski definition) is 3. The van der Waals surface area contributed by atoms with Crippen LogP contribution >= 0.6 is 12.2 Å². The first-order valence-electron chi connectivity index (χ1n) is 8.27. The average molecular weight is 359 g/mol. The van der Waals surface area contributed by atoms with Crippen molar-refractivity contribution in [1.82, 2.24) is 4.90 Å². The highest BCUT2D eigenvalue weighted by Crippen LogP contribution is 2.25. The van der Waals surface area contributed by atoms with Crippen LogP contribution in [0.25, 0.3) is 0 Å². The molecule has 0 radical (unpaired) electrons. The Bertz CT molecular complexity index is 714. The first kappa shape index (κ1) is 19.1. The van der Waals surface area contributed by atoms with E-state index in [4.69, 9.17) is 21.7 Å². The van der Waals surface area contributed by atoms with Crippen molar-refractivity contribution in [3.63, 3.8) is 0 Å². The van der Waals surface area contributed by atoms with Crippen LogP contribution in [0.15, 0.2) is 42.5 Å². The van der Waals surface area contributed by atoms with E-state index in [0.717, 1.165) is 22.7 Å². The summed E-state index contributed by atoms with van der Waals surface area (Å²) in [4.78, 5) is 1.98. The lowest BCUT2D eigenvalue weighted by atomic mass is 10.0. The predicted molar refractivity (Wildman–Crippen MR) is 108 cm³/mol. The van der Waals surface area contributed by atoms with Gasteiger partial charge in [-0.25, -0.2) is 0 Å². The smallest absolute Gasteiger partial charge is 0.173 e. The molecule has 0 saturated heterocycles. The molecular formula is C20H26N2O2S. The molecule has 0 amide bonds. The molecule has 0 aliphatic heterocycles. The van der Waals surface area contributed by atoms with Crippen molar-refractivity contribution >= 4 is 23.0 Å². The van der Waals surface area contributed by atoms with Crippen LogP contribution in [0.5, 0.6) is 11.5 Å². The zero-order valence-electron chi connectivity index (χ0n) is 15.5. The second-order valence-electron chi connectivity index (χ2n) is 6.24. The molecule has 1 N–H and O–H groups in total. The lowest BCUT2D eigenvalue weighted by Gasteiger charge is -2.22. The molecule has 0 spiro atoms. The summed E-state index contributed by atoms with van der Waals surface area (Å²) >= 11 is 5.52. The topological polar surface area (TPSA) is 33.7 Å². The number of nitrogens with zero attached hydrogens (tertiary/aromatic N) is 1. The Morgan fingerprint density at radius 2 is 1.76 bits per heavy atom. The Labute approximate surface area is 155 Å². The standard InChI is InChI=1S/C20H26N2O2S/c1-14(2)15-6-9-17(10-7-15)21-20(25)22(3)13-16-8-11-18(23-4)12-19(16)24-5/h6-12,14H,13H2,1-5H3,(H,21,25). The molecule has 0 bridgehead atoms. The molecule has 4 nitrogen and oxygen atoms in total. The van der Waals surface area contributed by atoms with Gasteiger partial charge in [-0.05, 0) is 48.0 Å². The van der Waals surface area contributed by atoms with Gasteiger partial charge in [0.1, 0.15) is 11.5 Å². The minimum absolute atomic E-state index is 0.520. The molecule has 5 heteroatoms. The molecule has 0 heterocycles. The van der Waals surface area contributed by atoms with E-state index in [1.54, 1.807) is 14.2 Å². The molecule has 0 saturated carbocycles. The maximum atomic E-state index is 5.52. The molecule has 0 fully saturated rings. The monoisotopic (exact) mass is 358 g/mol.